The Hall–Kier alpha value is -2.79. The molecule has 0 unspecified atom stereocenters. The molecular weight excluding hydrogens is 432 g/mol. The van der Waals surface area contributed by atoms with Crippen molar-refractivity contribution >= 4 is 29.5 Å². The van der Waals surface area contributed by atoms with E-state index in [9.17, 15) is 19.6 Å². The molecule has 1 aromatic rings. The largest absolute Gasteiger partial charge is 0.465 e. The van der Waals surface area contributed by atoms with Gasteiger partial charge in [-0.25, -0.2) is 4.79 Å². The smallest absolute Gasteiger partial charge is 0.404 e. The van der Waals surface area contributed by atoms with Crippen molar-refractivity contribution < 1.29 is 19.5 Å². The first-order valence-corrected chi connectivity index (χ1v) is 11.4. The molecule has 1 aromatic carbocycles. The molecule has 2 saturated heterocycles. The number of benzene rings is 1. The maximum atomic E-state index is 13.3. The molecule has 0 spiro atoms. The lowest BCUT2D eigenvalue weighted by molar-refractivity contribution is -0.141. The molecular formula is C23H27ClN4O4. The highest BCUT2D eigenvalue weighted by atomic mass is 35.5. The minimum absolute atomic E-state index is 0.0232. The Labute approximate surface area is 192 Å². The van der Waals surface area contributed by atoms with E-state index in [1.54, 1.807) is 4.90 Å². The molecule has 170 valence electrons. The van der Waals surface area contributed by atoms with Crippen LogP contribution in [0.4, 0.5) is 4.79 Å². The van der Waals surface area contributed by atoms with Gasteiger partial charge in [0.1, 0.15) is 5.41 Å². The van der Waals surface area contributed by atoms with Crippen molar-refractivity contribution in [2.24, 2.45) is 17.3 Å². The number of nitriles is 1. The summed E-state index contributed by atoms with van der Waals surface area (Å²) in [5.41, 5.74) is 0.218. The molecule has 2 N–H and O–H groups in total. The first kappa shape index (κ1) is 22.4. The van der Waals surface area contributed by atoms with Crippen LogP contribution >= 0.6 is 11.6 Å². The van der Waals surface area contributed by atoms with Crippen molar-refractivity contribution in [1.82, 2.24) is 15.1 Å². The maximum Gasteiger partial charge on any atom is 0.404 e. The fraction of sp³-hybridized carbons (Fsp3) is 0.565. The Balaban J connectivity index is 1.39. The summed E-state index contributed by atoms with van der Waals surface area (Å²) >= 11 is 6.01. The van der Waals surface area contributed by atoms with E-state index >= 15 is 0 Å². The zero-order valence-electron chi connectivity index (χ0n) is 17.8. The van der Waals surface area contributed by atoms with Gasteiger partial charge in [-0.2, -0.15) is 5.26 Å². The van der Waals surface area contributed by atoms with Crippen molar-refractivity contribution in [2.75, 3.05) is 32.7 Å². The molecule has 32 heavy (non-hydrogen) atoms. The zero-order valence-corrected chi connectivity index (χ0v) is 18.6. The van der Waals surface area contributed by atoms with Crippen molar-refractivity contribution in [3.63, 3.8) is 0 Å². The van der Waals surface area contributed by atoms with E-state index in [1.807, 2.05) is 29.2 Å². The molecule has 2 atom stereocenters. The van der Waals surface area contributed by atoms with Gasteiger partial charge in [-0.15, -0.1) is 0 Å². The van der Waals surface area contributed by atoms with Gasteiger partial charge in [0, 0.05) is 55.5 Å². The Morgan fingerprint density at radius 1 is 1.12 bits per heavy atom. The second kappa shape index (κ2) is 8.99. The molecule has 2 aliphatic heterocycles. The Kier molecular flexibility index (Phi) is 6.29. The third-order valence-electron chi connectivity index (χ3n) is 7.07. The van der Waals surface area contributed by atoms with Gasteiger partial charge in [0.15, 0.2) is 0 Å². The highest BCUT2D eigenvalue weighted by Crippen LogP contribution is 2.47. The predicted octanol–water partition coefficient (Wildman–Crippen LogP) is 2.69. The number of hydrogen-bond donors (Lipinski definition) is 2. The molecule has 0 aromatic heterocycles. The number of rotatable bonds is 5. The van der Waals surface area contributed by atoms with Crippen molar-refractivity contribution in [3.8, 4) is 6.07 Å². The van der Waals surface area contributed by atoms with Gasteiger partial charge in [0.2, 0.25) is 11.8 Å². The lowest BCUT2D eigenvalue weighted by atomic mass is 9.89. The van der Waals surface area contributed by atoms with E-state index in [4.69, 9.17) is 16.7 Å². The number of carboxylic acid groups (broad SMARTS) is 1. The third-order valence-corrected chi connectivity index (χ3v) is 7.32. The Bertz CT molecular complexity index is 932. The quantitative estimate of drug-likeness (QED) is 0.704. The van der Waals surface area contributed by atoms with Crippen LogP contribution in [-0.4, -0.2) is 65.5 Å². The molecule has 9 heteroatoms. The number of hydrogen-bond acceptors (Lipinski definition) is 4. The normalized spacial score (nSPS) is 24.6. The van der Waals surface area contributed by atoms with Crippen LogP contribution in [-0.2, 0) is 9.59 Å². The fourth-order valence-corrected chi connectivity index (χ4v) is 5.08. The summed E-state index contributed by atoms with van der Waals surface area (Å²) in [7, 11) is 0. The highest BCUT2D eigenvalue weighted by molar-refractivity contribution is 6.30. The Morgan fingerprint density at radius 3 is 2.34 bits per heavy atom. The molecule has 0 radical (unpaired) electrons. The van der Waals surface area contributed by atoms with E-state index in [0.29, 0.717) is 56.9 Å². The van der Waals surface area contributed by atoms with Crippen LogP contribution in [0.5, 0.6) is 0 Å². The number of halogens is 1. The maximum absolute atomic E-state index is 13.3. The lowest BCUT2D eigenvalue weighted by Gasteiger charge is -2.34. The van der Waals surface area contributed by atoms with Crippen LogP contribution in [0.15, 0.2) is 24.3 Å². The fourth-order valence-electron chi connectivity index (χ4n) is 4.95. The van der Waals surface area contributed by atoms with Crippen LogP contribution in [0.2, 0.25) is 5.02 Å². The molecule has 4 rings (SSSR count). The molecule has 3 amide bonds. The van der Waals surface area contributed by atoms with E-state index in [1.165, 1.54) is 0 Å². The number of amides is 3. The van der Waals surface area contributed by atoms with E-state index in [0.717, 1.165) is 5.56 Å². The Morgan fingerprint density at radius 2 is 1.78 bits per heavy atom. The number of carbonyl (C=O) groups is 3. The van der Waals surface area contributed by atoms with Crippen molar-refractivity contribution in [3.05, 3.63) is 34.9 Å². The number of likely N-dealkylation sites (tertiary alicyclic amines) is 2. The van der Waals surface area contributed by atoms with Gasteiger partial charge in [0.25, 0.3) is 0 Å². The van der Waals surface area contributed by atoms with Gasteiger partial charge in [-0.1, -0.05) is 23.7 Å². The van der Waals surface area contributed by atoms with Gasteiger partial charge >= 0.3 is 6.09 Å². The minimum atomic E-state index is -1.08. The van der Waals surface area contributed by atoms with Crippen molar-refractivity contribution in [2.45, 2.75) is 31.6 Å². The average molecular weight is 459 g/mol. The number of nitrogens with one attached hydrogen (secondary N) is 1. The van der Waals surface area contributed by atoms with Gasteiger partial charge in [0.05, 0.1) is 6.07 Å². The summed E-state index contributed by atoms with van der Waals surface area (Å²) < 4.78 is 0. The second-order valence-electron chi connectivity index (χ2n) is 9.11. The highest BCUT2D eigenvalue weighted by Gasteiger charge is 2.53. The third kappa shape index (κ3) is 4.53. The molecule has 0 bridgehead atoms. The van der Waals surface area contributed by atoms with Crippen LogP contribution in [0.3, 0.4) is 0 Å². The summed E-state index contributed by atoms with van der Waals surface area (Å²) in [6, 6.07) is 9.64. The summed E-state index contributed by atoms with van der Waals surface area (Å²) in [5.74, 6) is -0.184. The van der Waals surface area contributed by atoms with E-state index in [-0.39, 0.29) is 36.1 Å². The van der Waals surface area contributed by atoms with Gasteiger partial charge in [-0.3, -0.25) is 9.59 Å². The van der Waals surface area contributed by atoms with Crippen LogP contribution in [0.1, 0.15) is 37.2 Å². The minimum Gasteiger partial charge on any atom is -0.465 e. The standard InChI is InChI=1S/C23H27ClN4O4/c24-18-3-1-15(2-4-18)19-13-28(12-17(19)11-26-22(31)32)20(29)16-5-9-27(10-6-16)21(30)23(14-25)7-8-23/h1-4,16-17,19,26H,5-13H2,(H,31,32)/t17-,19-/m0/s1. The summed E-state index contributed by atoms with van der Waals surface area (Å²) in [6.07, 6.45) is 1.37. The number of nitrogens with zero attached hydrogens (tertiary/aromatic N) is 3. The van der Waals surface area contributed by atoms with Crippen LogP contribution in [0.25, 0.3) is 0 Å². The SMILES string of the molecule is N#CC1(C(=O)N2CCC(C(=O)N3C[C@H](CNC(=O)O)[C@H](c4ccc(Cl)cc4)C3)CC2)CC1. The van der Waals surface area contributed by atoms with Gasteiger partial charge < -0.3 is 20.2 Å². The molecule has 3 fully saturated rings. The van der Waals surface area contributed by atoms with E-state index < -0.39 is 11.5 Å². The first-order valence-electron chi connectivity index (χ1n) is 11.0. The van der Waals surface area contributed by atoms with E-state index in [2.05, 4.69) is 11.4 Å². The van der Waals surface area contributed by atoms with Gasteiger partial charge in [-0.05, 0) is 43.4 Å². The zero-order chi connectivity index (χ0) is 22.9. The predicted molar refractivity (Wildman–Crippen MR) is 117 cm³/mol. The number of carbonyl (C=O) groups excluding carboxylic acids is 2. The molecule has 8 nitrogen and oxygen atoms in total. The van der Waals surface area contributed by atoms with Crippen LogP contribution < -0.4 is 5.32 Å². The summed E-state index contributed by atoms with van der Waals surface area (Å²) in [6.45, 7) is 2.29. The van der Waals surface area contributed by atoms with Crippen molar-refractivity contribution in [1.29, 1.82) is 5.26 Å². The second-order valence-corrected chi connectivity index (χ2v) is 9.54. The molecule has 3 aliphatic rings. The molecule has 1 saturated carbocycles. The average Bonchev–Trinajstić information content (AvgIpc) is 3.49. The topological polar surface area (TPSA) is 114 Å². The monoisotopic (exact) mass is 458 g/mol. The molecule has 2 heterocycles. The molecule has 1 aliphatic carbocycles. The first-order chi connectivity index (χ1) is 15.3. The summed E-state index contributed by atoms with van der Waals surface area (Å²) in [4.78, 5) is 40.5. The number of piperidine rings is 1. The summed E-state index contributed by atoms with van der Waals surface area (Å²) in [5, 5.41) is 21.4. The lowest BCUT2D eigenvalue weighted by Crippen LogP contribution is -2.46. The van der Waals surface area contributed by atoms with Crippen LogP contribution in [0, 0.1) is 28.6 Å².